The summed E-state index contributed by atoms with van der Waals surface area (Å²) in [7, 11) is 1.97. The number of rotatable bonds is 3. The fourth-order valence-electron chi connectivity index (χ4n) is 3.56. The van der Waals surface area contributed by atoms with Gasteiger partial charge in [0.1, 0.15) is 0 Å². The Hall–Kier alpha value is -1.06. The number of aliphatic hydroxyl groups excluding tert-OH is 1. The molecule has 1 aromatic carbocycles. The zero-order chi connectivity index (χ0) is 12.5. The second-order valence-corrected chi connectivity index (χ2v) is 5.61. The molecule has 2 aliphatic rings. The molecule has 2 saturated heterocycles. The summed E-state index contributed by atoms with van der Waals surface area (Å²) in [6.45, 7) is 0.922. The van der Waals surface area contributed by atoms with Gasteiger partial charge in [-0.3, -0.25) is 0 Å². The predicted octanol–water partition coefficient (Wildman–Crippen LogP) is 1.90. The average molecular weight is 246 g/mol. The van der Waals surface area contributed by atoms with Gasteiger partial charge >= 0.3 is 0 Å². The van der Waals surface area contributed by atoms with E-state index in [-0.39, 0.29) is 6.10 Å². The molecule has 2 N–H and O–H groups in total. The van der Waals surface area contributed by atoms with E-state index in [0.29, 0.717) is 12.1 Å². The van der Waals surface area contributed by atoms with Crippen molar-refractivity contribution in [1.82, 2.24) is 5.32 Å². The number of benzene rings is 1. The molecule has 0 aromatic heterocycles. The second kappa shape index (κ2) is 4.90. The Morgan fingerprint density at radius 2 is 1.78 bits per heavy atom. The van der Waals surface area contributed by atoms with Crippen LogP contribution in [0.1, 0.15) is 31.2 Å². The molecule has 0 radical (unpaired) electrons. The normalized spacial score (nSPS) is 30.8. The van der Waals surface area contributed by atoms with Crippen molar-refractivity contribution in [2.24, 2.45) is 0 Å². The summed E-state index contributed by atoms with van der Waals surface area (Å²) < 4.78 is 0. The van der Waals surface area contributed by atoms with Crippen LogP contribution in [-0.4, -0.2) is 30.3 Å². The molecule has 2 heterocycles. The zero-order valence-electron chi connectivity index (χ0n) is 11.0. The largest absolute Gasteiger partial charge is 0.393 e. The minimum absolute atomic E-state index is 0.0812. The number of aliphatic hydroxyl groups is 1. The van der Waals surface area contributed by atoms with Crippen molar-refractivity contribution >= 4 is 5.69 Å². The van der Waals surface area contributed by atoms with Crippen LogP contribution in [0.5, 0.6) is 0 Å². The van der Waals surface area contributed by atoms with Crippen LogP contribution >= 0.6 is 0 Å². The van der Waals surface area contributed by atoms with Gasteiger partial charge in [0.05, 0.1) is 6.10 Å². The van der Waals surface area contributed by atoms with Crippen molar-refractivity contribution in [2.75, 3.05) is 11.9 Å². The molecule has 0 saturated carbocycles. The second-order valence-electron chi connectivity index (χ2n) is 5.61. The van der Waals surface area contributed by atoms with Gasteiger partial charge in [0.25, 0.3) is 0 Å². The van der Waals surface area contributed by atoms with Crippen LogP contribution in [0.25, 0.3) is 0 Å². The smallest absolute Gasteiger partial charge is 0.0579 e. The Morgan fingerprint density at radius 3 is 2.33 bits per heavy atom. The Morgan fingerprint density at radius 1 is 1.17 bits per heavy atom. The van der Waals surface area contributed by atoms with Crippen LogP contribution < -0.4 is 10.2 Å². The van der Waals surface area contributed by atoms with Gasteiger partial charge in [0.15, 0.2) is 0 Å². The van der Waals surface area contributed by atoms with Crippen LogP contribution in [0.15, 0.2) is 24.3 Å². The lowest BCUT2D eigenvalue weighted by Gasteiger charge is -2.39. The molecular weight excluding hydrogens is 224 g/mol. The van der Waals surface area contributed by atoms with Crippen LogP contribution in [-0.2, 0) is 6.54 Å². The van der Waals surface area contributed by atoms with E-state index in [0.717, 1.165) is 19.4 Å². The molecule has 18 heavy (non-hydrogen) atoms. The van der Waals surface area contributed by atoms with Crippen LogP contribution in [0.3, 0.4) is 0 Å². The third-order valence-corrected chi connectivity index (χ3v) is 4.32. The fraction of sp³-hybridized carbons (Fsp3) is 0.600. The lowest BCUT2D eigenvalue weighted by Crippen LogP contribution is -2.44. The number of nitrogens with one attached hydrogen (secondary N) is 1. The van der Waals surface area contributed by atoms with Gasteiger partial charge in [-0.25, -0.2) is 0 Å². The molecule has 3 nitrogen and oxygen atoms in total. The van der Waals surface area contributed by atoms with Gasteiger partial charge in [0, 0.05) is 24.3 Å². The molecule has 0 aliphatic carbocycles. The maximum atomic E-state index is 9.83. The van der Waals surface area contributed by atoms with E-state index in [2.05, 4.69) is 34.5 Å². The lowest BCUT2D eigenvalue weighted by atomic mass is 9.99. The van der Waals surface area contributed by atoms with Crippen LogP contribution in [0, 0.1) is 0 Å². The third-order valence-electron chi connectivity index (χ3n) is 4.32. The standard InChI is InChI=1S/C15H22N2O/c1-16-10-11-2-4-12(5-3-11)17-13-6-7-14(17)9-15(18)8-13/h2-5,13-16,18H,6-10H2,1H3. The molecule has 2 aliphatic heterocycles. The van der Waals surface area contributed by atoms with Crippen molar-refractivity contribution in [3.8, 4) is 0 Å². The first-order valence-corrected chi connectivity index (χ1v) is 6.98. The molecular formula is C15H22N2O. The van der Waals surface area contributed by atoms with Gasteiger partial charge in [-0.15, -0.1) is 0 Å². The molecule has 0 amide bonds. The van der Waals surface area contributed by atoms with E-state index in [1.165, 1.54) is 24.1 Å². The number of piperidine rings is 1. The first kappa shape index (κ1) is 12.0. The summed E-state index contributed by atoms with van der Waals surface area (Å²) in [5.74, 6) is 0. The maximum Gasteiger partial charge on any atom is 0.0579 e. The number of hydrogen-bond acceptors (Lipinski definition) is 3. The van der Waals surface area contributed by atoms with Crippen LogP contribution in [0.4, 0.5) is 5.69 Å². The Bertz CT molecular complexity index is 389. The maximum absolute atomic E-state index is 9.83. The topological polar surface area (TPSA) is 35.5 Å². The van der Waals surface area contributed by atoms with Crippen LogP contribution in [0.2, 0.25) is 0 Å². The summed E-state index contributed by atoms with van der Waals surface area (Å²) in [4.78, 5) is 2.54. The number of hydrogen-bond donors (Lipinski definition) is 2. The van der Waals surface area contributed by atoms with Crippen molar-refractivity contribution < 1.29 is 5.11 Å². The summed E-state index contributed by atoms with van der Waals surface area (Å²) >= 11 is 0. The van der Waals surface area contributed by atoms with Crippen molar-refractivity contribution in [3.05, 3.63) is 29.8 Å². The fourth-order valence-corrected chi connectivity index (χ4v) is 3.56. The van der Waals surface area contributed by atoms with Gasteiger partial charge in [-0.2, -0.15) is 0 Å². The summed E-state index contributed by atoms with van der Waals surface area (Å²) in [6, 6.07) is 9.97. The average Bonchev–Trinajstić information content (AvgIpc) is 2.64. The van der Waals surface area contributed by atoms with Gasteiger partial charge < -0.3 is 15.3 Å². The molecule has 98 valence electrons. The molecule has 1 aromatic rings. The van der Waals surface area contributed by atoms with Crippen molar-refractivity contribution in [1.29, 1.82) is 0 Å². The lowest BCUT2D eigenvalue weighted by molar-refractivity contribution is 0.126. The van der Waals surface area contributed by atoms with Gasteiger partial charge in [-0.1, -0.05) is 12.1 Å². The third kappa shape index (κ3) is 2.13. The number of anilines is 1. The van der Waals surface area contributed by atoms with E-state index in [4.69, 9.17) is 0 Å². The van der Waals surface area contributed by atoms with Gasteiger partial charge in [-0.05, 0) is 50.4 Å². The molecule has 2 unspecified atom stereocenters. The molecule has 2 fully saturated rings. The first-order valence-electron chi connectivity index (χ1n) is 6.98. The molecule has 0 spiro atoms. The SMILES string of the molecule is CNCc1ccc(N2C3CCC2CC(O)C3)cc1. The molecule has 2 bridgehead atoms. The van der Waals surface area contributed by atoms with Crippen molar-refractivity contribution in [3.63, 3.8) is 0 Å². The Labute approximate surface area is 109 Å². The highest BCUT2D eigenvalue weighted by atomic mass is 16.3. The highest BCUT2D eigenvalue weighted by Crippen LogP contribution is 2.39. The first-order chi connectivity index (χ1) is 8.78. The highest BCUT2D eigenvalue weighted by Gasteiger charge is 2.39. The van der Waals surface area contributed by atoms with E-state index in [9.17, 15) is 5.11 Å². The Balaban J connectivity index is 1.78. The monoisotopic (exact) mass is 246 g/mol. The Kier molecular flexibility index (Phi) is 3.27. The zero-order valence-corrected chi connectivity index (χ0v) is 11.0. The van der Waals surface area contributed by atoms with E-state index < -0.39 is 0 Å². The summed E-state index contributed by atoms with van der Waals surface area (Å²) in [5, 5.41) is 13.0. The van der Waals surface area contributed by atoms with E-state index in [1.54, 1.807) is 0 Å². The van der Waals surface area contributed by atoms with Gasteiger partial charge in [0.2, 0.25) is 0 Å². The molecule has 3 rings (SSSR count). The molecule has 2 atom stereocenters. The van der Waals surface area contributed by atoms with E-state index in [1.807, 2.05) is 7.05 Å². The molecule has 3 heteroatoms. The minimum Gasteiger partial charge on any atom is -0.393 e. The number of nitrogens with zero attached hydrogens (tertiary/aromatic N) is 1. The summed E-state index contributed by atoms with van der Waals surface area (Å²) in [5.41, 5.74) is 2.65. The highest BCUT2D eigenvalue weighted by molar-refractivity contribution is 5.51. The number of fused-ring (bicyclic) bond motifs is 2. The van der Waals surface area contributed by atoms with Crippen molar-refractivity contribution in [2.45, 2.75) is 50.4 Å². The summed E-state index contributed by atoms with van der Waals surface area (Å²) in [6.07, 6.45) is 4.27. The quantitative estimate of drug-likeness (QED) is 0.855. The predicted molar refractivity (Wildman–Crippen MR) is 73.7 cm³/mol. The van der Waals surface area contributed by atoms with E-state index >= 15 is 0 Å². The minimum atomic E-state index is -0.0812.